The zero-order valence-electron chi connectivity index (χ0n) is 11.6. The van der Waals surface area contributed by atoms with Crippen LogP contribution in [0.15, 0.2) is 22.7 Å². The van der Waals surface area contributed by atoms with Gasteiger partial charge in [0.05, 0.1) is 0 Å². The van der Waals surface area contributed by atoms with Crippen molar-refractivity contribution in [2.24, 2.45) is 11.8 Å². The van der Waals surface area contributed by atoms with Gasteiger partial charge in [-0.1, -0.05) is 27.7 Å². The molecule has 1 rings (SSSR count). The summed E-state index contributed by atoms with van der Waals surface area (Å²) in [6, 6.07) is 7.05. The summed E-state index contributed by atoms with van der Waals surface area (Å²) in [4.78, 5) is 0. The number of hydrogen-bond donors (Lipinski definition) is 1. The molecule has 0 bridgehead atoms. The number of halogens is 2. The quantitative estimate of drug-likeness (QED) is 0.559. The van der Waals surface area contributed by atoms with E-state index in [1.165, 1.54) is 22.1 Å². The zero-order valence-corrected chi connectivity index (χ0v) is 15.4. The molecule has 18 heavy (non-hydrogen) atoms. The van der Waals surface area contributed by atoms with Crippen molar-refractivity contribution in [3.8, 4) is 0 Å². The number of rotatable bonds is 6. The molecule has 1 N–H and O–H groups in total. The molecule has 3 heteroatoms. The monoisotopic (exact) mass is 423 g/mol. The van der Waals surface area contributed by atoms with Gasteiger partial charge in [-0.2, -0.15) is 0 Å². The Bertz CT molecular complexity index is 367. The third kappa shape index (κ3) is 5.91. The number of hydrogen-bond acceptors (Lipinski definition) is 1. The summed E-state index contributed by atoms with van der Waals surface area (Å²) in [5, 5.41) is 3.68. The molecule has 0 radical (unpaired) electrons. The van der Waals surface area contributed by atoms with Gasteiger partial charge in [-0.05, 0) is 81.4 Å². The van der Waals surface area contributed by atoms with Crippen molar-refractivity contribution in [1.29, 1.82) is 0 Å². The molecule has 1 aromatic rings. The van der Waals surface area contributed by atoms with E-state index in [2.05, 4.69) is 89.7 Å². The second kappa shape index (κ2) is 7.73. The number of benzene rings is 1. The molecule has 0 aromatic heterocycles. The van der Waals surface area contributed by atoms with Gasteiger partial charge in [-0.15, -0.1) is 0 Å². The van der Waals surface area contributed by atoms with E-state index >= 15 is 0 Å². The van der Waals surface area contributed by atoms with E-state index in [9.17, 15) is 0 Å². The normalized spacial score (nSPS) is 11.6. The fraction of sp³-hybridized carbons (Fsp3) is 0.600. The van der Waals surface area contributed by atoms with Gasteiger partial charge >= 0.3 is 0 Å². The van der Waals surface area contributed by atoms with E-state index in [-0.39, 0.29) is 0 Å². The lowest BCUT2D eigenvalue weighted by molar-refractivity contribution is 0.442. The Balaban J connectivity index is 2.71. The van der Waals surface area contributed by atoms with Crippen LogP contribution in [0.25, 0.3) is 0 Å². The first-order valence-corrected chi connectivity index (χ1v) is 8.47. The van der Waals surface area contributed by atoms with Crippen LogP contribution in [0.3, 0.4) is 0 Å². The third-order valence-electron chi connectivity index (χ3n) is 2.80. The summed E-state index contributed by atoms with van der Waals surface area (Å²) in [7, 11) is 0. The van der Waals surface area contributed by atoms with E-state index in [0.29, 0.717) is 6.04 Å². The van der Waals surface area contributed by atoms with E-state index in [0.717, 1.165) is 16.3 Å². The van der Waals surface area contributed by atoms with Gasteiger partial charge in [-0.3, -0.25) is 0 Å². The first-order valence-electron chi connectivity index (χ1n) is 6.60. The average molecular weight is 424 g/mol. The minimum Gasteiger partial charge on any atom is -0.382 e. The Kier molecular flexibility index (Phi) is 6.99. The lowest BCUT2D eigenvalue weighted by Gasteiger charge is -2.23. The van der Waals surface area contributed by atoms with Gasteiger partial charge in [-0.25, -0.2) is 0 Å². The molecule has 0 aliphatic carbocycles. The van der Waals surface area contributed by atoms with Crippen LogP contribution in [0.4, 0.5) is 5.69 Å². The van der Waals surface area contributed by atoms with Crippen LogP contribution < -0.4 is 5.32 Å². The van der Waals surface area contributed by atoms with Crippen LogP contribution >= 0.6 is 38.5 Å². The highest BCUT2D eigenvalue weighted by Gasteiger charge is 2.13. The second-order valence-electron chi connectivity index (χ2n) is 5.73. The van der Waals surface area contributed by atoms with Crippen LogP contribution in [0, 0.1) is 15.4 Å². The molecule has 1 aromatic carbocycles. The summed E-state index contributed by atoms with van der Waals surface area (Å²) >= 11 is 5.90. The number of nitrogens with one attached hydrogen (secondary N) is 1. The molecule has 102 valence electrons. The van der Waals surface area contributed by atoms with Gasteiger partial charge in [0.25, 0.3) is 0 Å². The van der Waals surface area contributed by atoms with Crippen molar-refractivity contribution in [3.63, 3.8) is 0 Å². The zero-order chi connectivity index (χ0) is 13.7. The number of anilines is 1. The molecule has 0 aliphatic heterocycles. The summed E-state index contributed by atoms with van der Waals surface area (Å²) in [6.07, 6.45) is 2.45. The highest BCUT2D eigenvalue weighted by Crippen LogP contribution is 2.25. The molecule has 0 heterocycles. The minimum atomic E-state index is 0.571. The first-order chi connectivity index (χ1) is 8.38. The van der Waals surface area contributed by atoms with Crippen LogP contribution in [0.5, 0.6) is 0 Å². The SMILES string of the molecule is CC(C)CC(CC(C)C)Nc1ccc(Br)c(I)c1. The van der Waals surface area contributed by atoms with E-state index in [1.807, 2.05) is 0 Å². The van der Waals surface area contributed by atoms with Crippen molar-refractivity contribution in [2.75, 3.05) is 5.32 Å². The topological polar surface area (TPSA) is 12.0 Å². The fourth-order valence-electron chi connectivity index (χ4n) is 2.17. The van der Waals surface area contributed by atoms with Crippen LogP contribution in [-0.2, 0) is 0 Å². The molecule has 0 saturated heterocycles. The Morgan fingerprint density at radius 2 is 1.67 bits per heavy atom. The largest absolute Gasteiger partial charge is 0.382 e. The minimum absolute atomic E-state index is 0.571. The summed E-state index contributed by atoms with van der Waals surface area (Å²) < 4.78 is 2.42. The smallest absolute Gasteiger partial charge is 0.0353 e. The molecule has 0 amide bonds. The third-order valence-corrected chi connectivity index (χ3v) is 5.13. The molecule has 1 nitrogen and oxygen atoms in total. The Morgan fingerprint density at radius 1 is 1.11 bits per heavy atom. The van der Waals surface area contributed by atoms with Crippen molar-refractivity contribution >= 4 is 44.2 Å². The highest BCUT2D eigenvalue weighted by atomic mass is 127. The molecule has 0 fully saturated rings. The van der Waals surface area contributed by atoms with Crippen molar-refractivity contribution < 1.29 is 0 Å². The Hall–Kier alpha value is 0.230. The molecular weight excluding hydrogens is 401 g/mol. The van der Waals surface area contributed by atoms with E-state index in [1.54, 1.807) is 0 Å². The molecule has 0 unspecified atom stereocenters. The summed E-state index contributed by atoms with van der Waals surface area (Å²) in [5.41, 5.74) is 1.23. The maximum atomic E-state index is 3.68. The van der Waals surface area contributed by atoms with Gasteiger partial charge in [0.15, 0.2) is 0 Å². The molecule has 0 aliphatic rings. The van der Waals surface area contributed by atoms with Crippen LogP contribution in [0.1, 0.15) is 40.5 Å². The molecular formula is C15H23BrIN. The lowest BCUT2D eigenvalue weighted by atomic mass is 9.95. The standard InChI is InChI=1S/C15H23BrIN/c1-10(2)7-13(8-11(3)4)18-12-5-6-14(16)15(17)9-12/h5-6,9-11,13,18H,7-8H2,1-4H3. The Labute approximate surface area is 133 Å². The predicted octanol–water partition coefficient (Wildman–Crippen LogP) is 5.93. The highest BCUT2D eigenvalue weighted by molar-refractivity contribution is 14.1. The van der Waals surface area contributed by atoms with Crippen molar-refractivity contribution in [3.05, 3.63) is 26.2 Å². The van der Waals surface area contributed by atoms with Gasteiger partial charge < -0.3 is 5.32 Å². The fourth-order valence-corrected chi connectivity index (χ4v) is 2.94. The van der Waals surface area contributed by atoms with Gasteiger partial charge in [0, 0.05) is 19.8 Å². The molecule has 0 saturated carbocycles. The van der Waals surface area contributed by atoms with Crippen molar-refractivity contribution in [2.45, 2.75) is 46.6 Å². The average Bonchev–Trinajstić information content (AvgIpc) is 2.21. The maximum absolute atomic E-state index is 3.68. The van der Waals surface area contributed by atoms with Gasteiger partial charge in [0.1, 0.15) is 0 Å². The van der Waals surface area contributed by atoms with Crippen LogP contribution in [-0.4, -0.2) is 6.04 Å². The van der Waals surface area contributed by atoms with E-state index < -0.39 is 0 Å². The maximum Gasteiger partial charge on any atom is 0.0353 e. The summed E-state index contributed by atoms with van der Waals surface area (Å²) in [5.74, 6) is 1.46. The molecule has 0 atom stereocenters. The summed E-state index contributed by atoms with van der Waals surface area (Å²) in [6.45, 7) is 9.17. The van der Waals surface area contributed by atoms with Gasteiger partial charge in [0.2, 0.25) is 0 Å². The molecule has 0 spiro atoms. The van der Waals surface area contributed by atoms with E-state index in [4.69, 9.17) is 0 Å². The van der Waals surface area contributed by atoms with Crippen LogP contribution in [0.2, 0.25) is 0 Å². The lowest BCUT2D eigenvalue weighted by Crippen LogP contribution is -2.23. The van der Waals surface area contributed by atoms with Crippen molar-refractivity contribution in [1.82, 2.24) is 0 Å². The second-order valence-corrected chi connectivity index (χ2v) is 7.75. The predicted molar refractivity (Wildman–Crippen MR) is 93.2 cm³/mol. The Morgan fingerprint density at radius 3 is 2.11 bits per heavy atom. The first kappa shape index (κ1) is 16.3.